The molecule has 3 heterocycles. The van der Waals surface area contributed by atoms with Crippen molar-refractivity contribution >= 4 is 29.5 Å². The fourth-order valence-electron chi connectivity index (χ4n) is 2.80. The Kier molecular flexibility index (Phi) is 3.43. The Balaban J connectivity index is 1.72. The Labute approximate surface area is 127 Å². The van der Waals surface area contributed by atoms with Crippen LogP contribution in [0.5, 0.6) is 0 Å². The van der Waals surface area contributed by atoms with Crippen molar-refractivity contribution in [3.63, 3.8) is 0 Å². The number of rotatable bonds is 3. The van der Waals surface area contributed by atoms with E-state index in [4.69, 9.17) is 0 Å². The zero-order valence-electron chi connectivity index (χ0n) is 12.3. The van der Waals surface area contributed by atoms with Crippen LogP contribution in [0.15, 0.2) is 0 Å². The normalized spacial score (nSPS) is 28.3. The second kappa shape index (κ2) is 5.01. The molecule has 1 aromatic heterocycles. The maximum absolute atomic E-state index is 12.4. The highest BCUT2D eigenvalue weighted by Crippen LogP contribution is 2.47. The van der Waals surface area contributed by atoms with Crippen LogP contribution < -0.4 is 5.32 Å². The van der Waals surface area contributed by atoms with Crippen molar-refractivity contribution in [1.82, 2.24) is 20.1 Å². The third kappa shape index (κ3) is 2.41. The number of nitrogens with one attached hydrogen (secondary N) is 2. The van der Waals surface area contributed by atoms with Crippen LogP contribution in [0.1, 0.15) is 45.4 Å². The van der Waals surface area contributed by atoms with Crippen molar-refractivity contribution in [1.29, 1.82) is 0 Å². The van der Waals surface area contributed by atoms with Gasteiger partial charge in [-0.25, -0.2) is 0 Å². The monoisotopic (exact) mass is 309 g/mol. The predicted octanol–water partition coefficient (Wildman–Crippen LogP) is 1.32. The standard InChI is InChI=1S/C13H19N5O2S/c1-7(2)10-14-12(17-16-10)15-11(20)8-6-21-13(3)5-4-9(19)18(8)13/h7-8H,4-6H2,1-3H3,(H2,14,15,16,17,20)/t8-,13+/m0/s1. The molecule has 0 saturated carbocycles. The number of hydrogen-bond donors (Lipinski definition) is 2. The lowest BCUT2D eigenvalue weighted by Gasteiger charge is -2.29. The zero-order chi connectivity index (χ0) is 15.2. The molecule has 7 nitrogen and oxygen atoms in total. The molecule has 2 saturated heterocycles. The van der Waals surface area contributed by atoms with E-state index in [0.717, 1.165) is 12.2 Å². The molecular weight excluding hydrogens is 290 g/mol. The lowest BCUT2D eigenvalue weighted by atomic mass is 10.2. The molecular formula is C13H19N5O2S. The molecule has 0 unspecified atom stereocenters. The van der Waals surface area contributed by atoms with Crippen LogP contribution in [-0.2, 0) is 9.59 Å². The summed E-state index contributed by atoms with van der Waals surface area (Å²) in [7, 11) is 0. The molecule has 2 aliphatic rings. The lowest BCUT2D eigenvalue weighted by Crippen LogP contribution is -2.48. The van der Waals surface area contributed by atoms with Crippen LogP contribution in [0, 0.1) is 0 Å². The summed E-state index contributed by atoms with van der Waals surface area (Å²) in [5, 5.41) is 9.50. The zero-order valence-corrected chi connectivity index (χ0v) is 13.2. The Bertz CT molecular complexity index is 587. The van der Waals surface area contributed by atoms with E-state index in [1.165, 1.54) is 0 Å². The minimum Gasteiger partial charge on any atom is -0.315 e. The van der Waals surface area contributed by atoms with E-state index >= 15 is 0 Å². The third-order valence-corrected chi connectivity index (χ3v) is 5.54. The smallest absolute Gasteiger partial charge is 0.250 e. The number of hydrogen-bond acceptors (Lipinski definition) is 5. The Morgan fingerprint density at radius 2 is 2.33 bits per heavy atom. The molecule has 114 valence electrons. The van der Waals surface area contributed by atoms with Gasteiger partial charge in [-0.05, 0) is 13.3 Å². The maximum atomic E-state index is 12.4. The van der Waals surface area contributed by atoms with Crippen LogP contribution in [0.4, 0.5) is 5.95 Å². The summed E-state index contributed by atoms with van der Waals surface area (Å²) in [4.78, 5) is 30.2. The lowest BCUT2D eigenvalue weighted by molar-refractivity contribution is -0.135. The summed E-state index contributed by atoms with van der Waals surface area (Å²) in [5.74, 6) is 1.68. The van der Waals surface area contributed by atoms with Crippen LogP contribution in [0.25, 0.3) is 0 Å². The number of amides is 2. The van der Waals surface area contributed by atoms with Gasteiger partial charge in [-0.1, -0.05) is 13.8 Å². The SMILES string of the molecule is CC(C)c1nc(NC(=O)[C@@H]2CS[C@]3(C)CCC(=O)N23)n[nH]1. The number of nitrogens with zero attached hydrogens (tertiary/aromatic N) is 3. The van der Waals surface area contributed by atoms with Gasteiger partial charge in [0.15, 0.2) is 0 Å². The fourth-order valence-corrected chi connectivity index (χ4v) is 4.23. The number of aromatic amines is 1. The molecule has 0 aromatic carbocycles. The van der Waals surface area contributed by atoms with Gasteiger partial charge in [0.2, 0.25) is 17.8 Å². The van der Waals surface area contributed by atoms with Crippen molar-refractivity contribution in [2.45, 2.75) is 50.4 Å². The number of fused-ring (bicyclic) bond motifs is 1. The first-order valence-corrected chi connectivity index (χ1v) is 8.08. The molecule has 21 heavy (non-hydrogen) atoms. The van der Waals surface area contributed by atoms with Crippen molar-refractivity contribution in [2.75, 3.05) is 11.1 Å². The fraction of sp³-hybridized carbons (Fsp3) is 0.692. The third-order valence-electron chi connectivity index (χ3n) is 4.03. The molecule has 3 rings (SSSR count). The van der Waals surface area contributed by atoms with E-state index in [-0.39, 0.29) is 28.6 Å². The number of H-pyrrole nitrogens is 1. The molecule has 2 N–H and O–H groups in total. The Morgan fingerprint density at radius 3 is 3.00 bits per heavy atom. The van der Waals surface area contributed by atoms with Gasteiger partial charge in [0.1, 0.15) is 11.9 Å². The first-order valence-electron chi connectivity index (χ1n) is 7.10. The minimum absolute atomic E-state index is 0.0560. The van der Waals surface area contributed by atoms with Crippen LogP contribution in [-0.4, -0.2) is 48.6 Å². The number of anilines is 1. The summed E-state index contributed by atoms with van der Waals surface area (Å²) < 4.78 is 0. The Morgan fingerprint density at radius 1 is 1.57 bits per heavy atom. The van der Waals surface area contributed by atoms with Crippen molar-refractivity contribution in [3.05, 3.63) is 5.82 Å². The van der Waals surface area contributed by atoms with Gasteiger partial charge in [0.25, 0.3) is 0 Å². The number of aromatic nitrogens is 3. The quantitative estimate of drug-likeness (QED) is 0.878. The molecule has 2 fully saturated rings. The second-order valence-electron chi connectivity index (χ2n) is 5.95. The molecule has 8 heteroatoms. The number of thioether (sulfide) groups is 1. The first-order chi connectivity index (χ1) is 9.90. The van der Waals surface area contributed by atoms with E-state index in [2.05, 4.69) is 20.5 Å². The van der Waals surface area contributed by atoms with Crippen molar-refractivity contribution in [2.24, 2.45) is 0 Å². The Hall–Kier alpha value is -1.57. The average molecular weight is 309 g/mol. The van der Waals surface area contributed by atoms with Gasteiger partial charge < -0.3 is 4.90 Å². The van der Waals surface area contributed by atoms with Gasteiger partial charge in [-0.2, -0.15) is 4.98 Å². The van der Waals surface area contributed by atoms with Gasteiger partial charge in [0.05, 0.1) is 4.87 Å². The molecule has 2 atom stereocenters. The van der Waals surface area contributed by atoms with Crippen molar-refractivity contribution < 1.29 is 9.59 Å². The van der Waals surface area contributed by atoms with Crippen molar-refractivity contribution in [3.8, 4) is 0 Å². The van der Waals surface area contributed by atoms with E-state index in [0.29, 0.717) is 12.2 Å². The molecule has 0 bridgehead atoms. The molecule has 0 spiro atoms. The maximum Gasteiger partial charge on any atom is 0.250 e. The van der Waals surface area contributed by atoms with Gasteiger partial charge >= 0.3 is 0 Å². The summed E-state index contributed by atoms with van der Waals surface area (Å²) in [6, 6.07) is -0.434. The van der Waals surface area contributed by atoms with Gasteiger partial charge in [-0.3, -0.25) is 20.0 Å². The number of carbonyl (C=O) groups excluding carboxylic acids is 2. The second-order valence-corrected chi connectivity index (χ2v) is 7.46. The summed E-state index contributed by atoms with van der Waals surface area (Å²) in [6.07, 6.45) is 1.32. The summed E-state index contributed by atoms with van der Waals surface area (Å²) >= 11 is 1.67. The predicted molar refractivity (Wildman–Crippen MR) is 79.8 cm³/mol. The van der Waals surface area contributed by atoms with E-state index in [9.17, 15) is 9.59 Å². The van der Waals surface area contributed by atoms with Crippen LogP contribution >= 0.6 is 11.8 Å². The van der Waals surface area contributed by atoms with E-state index in [1.807, 2.05) is 20.8 Å². The average Bonchev–Trinajstić information content (AvgIpc) is 3.07. The van der Waals surface area contributed by atoms with Crippen LogP contribution in [0.3, 0.4) is 0 Å². The first kappa shape index (κ1) is 14.4. The molecule has 2 amide bonds. The highest BCUT2D eigenvalue weighted by atomic mass is 32.2. The highest BCUT2D eigenvalue weighted by molar-refractivity contribution is 8.01. The van der Waals surface area contributed by atoms with Crippen LogP contribution in [0.2, 0.25) is 0 Å². The van der Waals surface area contributed by atoms with Gasteiger partial charge in [-0.15, -0.1) is 16.9 Å². The van der Waals surface area contributed by atoms with E-state index < -0.39 is 6.04 Å². The van der Waals surface area contributed by atoms with Gasteiger partial charge in [0, 0.05) is 18.1 Å². The topological polar surface area (TPSA) is 91.0 Å². The highest BCUT2D eigenvalue weighted by Gasteiger charge is 2.52. The molecule has 1 aromatic rings. The van der Waals surface area contributed by atoms with E-state index in [1.54, 1.807) is 16.7 Å². The summed E-state index contributed by atoms with van der Waals surface area (Å²) in [6.45, 7) is 6.02. The molecule has 0 aliphatic carbocycles. The minimum atomic E-state index is -0.434. The summed E-state index contributed by atoms with van der Waals surface area (Å²) in [5.41, 5.74) is 0. The molecule has 0 radical (unpaired) electrons. The number of carbonyl (C=O) groups is 2. The largest absolute Gasteiger partial charge is 0.315 e. The molecule has 2 aliphatic heterocycles.